The van der Waals surface area contributed by atoms with Gasteiger partial charge in [-0.1, -0.05) is 39.0 Å². The van der Waals surface area contributed by atoms with Crippen LogP contribution in [0.2, 0.25) is 0 Å². The number of nitrogens with one attached hydrogen (secondary N) is 1. The second kappa shape index (κ2) is 7.72. The fourth-order valence-corrected chi connectivity index (χ4v) is 5.02. The number of benzene rings is 1. The Hall–Kier alpha value is -2.36. The number of hydrogen-bond acceptors (Lipinski definition) is 4. The molecule has 2 aromatic rings. The van der Waals surface area contributed by atoms with Crippen molar-refractivity contribution in [2.45, 2.75) is 51.2 Å². The van der Waals surface area contributed by atoms with Gasteiger partial charge in [0.1, 0.15) is 5.82 Å². The number of anilines is 1. The Kier molecular flexibility index (Phi) is 5.74. The Morgan fingerprint density at radius 3 is 2.50 bits per heavy atom. The first-order valence-corrected chi connectivity index (χ1v) is 11.3. The van der Waals surface area contributed by atoms with E-state index in [2.05, 4.69) is 10.4 Å². The zero-order chi connectivity index (χ0) is 22.3. The van der Waals surface area contributed by atoms with E-state index in [4.69, 9.17) is 0 Å². The van der Waals surface area contributed by atoms with E-state index in [1.807, 2.05) is 20.8 Å². The number of carbonyl (C=O) groups excluding carboxylic acids is 1. The summed E-state index contributed by atoms with van der Waals surface area (Å²) in [4.78, 5) is 12.5. The molecule has 1 aromatic heterocycles. The van der Waals surface area contributed by atoms with E-state index >= 15 is 0 Å². The molecule has 1 aliphatic rings. The number of carbonyl (C=O) groups is 1. The third-order valence-electron chi connectivity index (χ3n) is 4.94. The molecule has 164 valence electrons. The molecule has 2 heterocycles. The van der Waals surface area contributed by atoms with Gasteiger partial charge in [-0.05, 0) is 18.1 Å². The summed E-state index contributed by atoms with van der Waals surface area (Å²) in [5.41, 5.74) is -0.235. The van der Waals surface area contributed by atoms with E-state index in [9.17, 15) is 26.4 Å². The van der Waals surface area contributed by atoms with Crippen LogP contribution in [0.4, 0.5) is 19.0 Å². The first-order chi connectivity index (χ1) is 13.7. The molecular formula is C20H24F3N3O3S. The molecule has 0 spiro atoms. The van der Waals surface area contributed by atoms with Gasteiger partial charge in [0.15, 0.2) is 9.84 Å². The van der Waals surface area contributed by atoms with Crippen LogP contribution in [-0.4, -0.2) is 35.6 Å². The van der Waals surface area contributed by atoms with Crippen molar-refractivity contribution in [2.24, 2.45) is 0 Å². The molecule has 1 N–H and O–H groups in total. The number of halogens is 3. The fourth-order valence-electron chi connectivity index (χ4n) is 3.33. The minimum atomic E-state index is -4.49. The first-order valence-electron chi connectivity index (χ1n) is 9.51. The van der Waals surface area contributed by atoms with Crippen LogP contribution in [0.5, 0.6) is 0 Å². The lowest BCUT2D eigenvalue weighted by Gasteiger charge is -2.15. The summed E-state index contributed by atoms with van der Waals surface area (Å²) in [6, 6.07) is 5.91. The Balaban J connectivity index is 1.83. The third-order valence-corrected chi connectivity index (χ3v) is 6.70. The van der Waals surface area contributed by atoms with Gasteiger partial charge in [-0.15, -0.1) is 0 Å². The molecule has 30 heavy (non-hydrogen) atoms. The van der Waals surface area contributed by atoms with Crippen LogP contribution >= 0.6 is 0 Å². The van der Waals surface area contributed by atoms with Gasteiger partial charge in [0.2, 0.25) is 5.91 Å². The van der Waals surface area contributed by atoms with E-state index in [-0.39, 0.29) is 28.9 Å². The van der Waals surface area contributed by atoms with Crippen molar-refractivity contribution in [3.63, 3.8) is 0 Å². The standard InChI is InChI=1S/C20H24F3N3O3S/c1-19(2,3)16-11-17(26(25-16)15-7-8-30(28,29)12-15)24-18(27)10-13-5-4-6-14(9-13)20(21,22)23/h4-6,9,11,15H,7-8,10,12H2,1-3H3,(H,24,27)/t15-/m1/s1. The lowest BCUT2D eigenvalue weighted by atomic mass is 9.92. The van der Waals surface area contributed by atoms with Gasteiger partial charge in [0, 0.05) is 11.5 Å². The maximum Gasteiger partial charge on any atom is 0.416 e. The molecule has 6 nitrogen and oxygen atoms in total. The SMILES string of the molecule is CC(C)(C)c1cc(NC(=O)Cc2cccc(C(F)(F)F)c2)n([C@@H]2CCS(=O)(=O)C2)n1. The monoisotopic (exact) mass is 443 g/mol. The number of alkyl halides is 3. The largest absolute Gasteiger partial charge is 0.416 e. The van der Waals surface area contributed by atoms with Gasteiger partial charge in [-0.2, -0.15) is 18.3 Å². The molecule has 3 rings (SSSR count). The van der Waals surface area contributed by atoms with Crippen molar-refractivity contribution >= 4 is 21.6 Å². The fraction of sp³-hybridized carbons (Fsp3) is 0.500. The van der Waals surface area contributed by atoms with Crippen LogP contribution in [0.15, 0.2) is 30.3 Å². The zero-order valence-corrected chi connectivity index (χ0v) is 17.8. The van der Waals surface area contributed by atoms with Gasteiger partial charge in [0.25, 0.3) is 0 Å². The molecule has 0 unspecified atom stereocenters. The summed E-state index contributed by atoms with van der Waals surface area (Å²) < 4.78 is 64.0. The highest BCUT2D eigenvalue weighted by molar-refractivity contribution is 7.91. The summed E-state index contributed by atoms with van der Waals surface area (Å²) in [7, 11) is -3.16. The summed E-state index contributed by atoms with van der Waals surface area (Å²) >= 11 is 0. The van der Waals surface area contributed by atoms with E-state index in [1.54, 1.807) is 6.07 Å². The predicted molar refractivity (Wildman–Crippen MR) is 107 cm³/mol. The molecule has 0 aliphatic carbocycles. The summed E-state index contributed by atoms with van der Waals surface area (Å²) in [5.74, 6) is -0.162. The van der Waals surface area contributed by atoms with Gasteiger partial charge >= 0.3 is 6.18 Å². The highest BCUT2D eigenvalue weighted by atomic mass is 32.2. The molecule has 0 saturated carbocycles. The second-order valence-corrected chi connectivity index (χ2v) is 10.8. The Morgan fingerprint density at radius 1 is 1.23 bits per heavy atom. The van der Waals surface area contributed by atoms with Crippen molar-refractivity contribution in [2.75, 3.05) is 16.8 Å². The van der Waals surface area contributed by atoms with Crippen molar-refractivity contribution in [1.82, 2.24) is 9.78 Å². The highest BCUT2D eigenvalue weighted by Crippen LogP contribution is 2.32. The van der Waals surface area contributed by atoms with Crippen LogP contribution in [0.1, 0.15) is 50.1 Å². The van der Waals surface area contributed by atoms with Gasteiger partial charge in [0.05, 0.1) is 35.2 Å². The van der Waals surface area contributed by atoms with Gasteiger partial charge < -0.3 is 5.32 Å². The third kappa shape index (κ3) is 5.21. The minimum absolute atomic E-state index is 0.0556. The average molecular weight is 443 g/mol. The van der Waals surface area contributed by atoms with Crippen LogP contribution in [-0.2, 0) is 32.6 Å². The molecule has 1 aliphatic heterocycles. The second-order valence-electron chi connectivity index (χ2n) is 8.59. The van der Waals surface area contributed by atoms with Crippen molar-refractivity contribution in [3.8, 4) is 0 Å². The normalized spacial score (nSPS) is 19.1. The molecule has 1 fully saturated rings. The maximum absolute atomic E-state index is 12.9. The number of sulfone groups is 1. The van der Waals surface area contributed by atoms with E-state index < -0.39 is 33.5 Å². The number of aromatic nitrogens is 2. The summed E-state index contributed by atoms with van der Waals surface area (Å²) in [6.07, 6.45) is -4.34. The topological polar surface area (TPSA) is 81.1 Å². The van der Waals surface area contributed by atoms with E-state index in [0.717, 1.165) is 12.1 Å². The average Bonchev–Trinajstić information content (AvgIpc) is 3.17. The Morgan fingerprint density at radius 2 is 1.93 bits per heavy atom. The van der Waals surface area contributed by atoms with Gasteiger partial charge in [-0.25, -0.2) is 13.1 Å². The molecule has 1 aromatic carbocycles. The zero-order valence-electron chi connectivity index (χ0n) is 17.0. The minimum Gasteiger partial charge on any atom is -0.311 e. The quantitative estimate of drug-likeness (QED) is 0.781. The Labute approximate surface area is 173 Å². The number of rotatable bonds is 4. The molecule has 1 saturated heterocycles. The lowest BCUT2D eigenvalue weighted by Crippen LogP contribution is -2.21. The molecule has 0 bridgehead atoms. The smallest absolute Gasteiger partial charge is 0.311 e. The molecule has 1 atom stereocenters. The highest BCUT2D eigenvalue weighted by Gasteiger charge is 2.33. The number of hydrogen-bond donors (Lipinski definition) is 1. The first kappa shape index (κ1) is 22.3. The van der Waals surface area contributed by atoms with Crippen molar-refractivity contribution in [1.29, 1.82) is 0 Å². The van der Waals surface area contributed by atoms with Crippen LogP contribution in [0.3, 0.4) is 0 Å². The summed E-state index contributed by atoms with van der Waals surface area (Å²) in [5, 5.41) is 7.22. The van der Waals surface area contributed by atoms with Crippen LogP contribution in [0, 0.1) is 0 Å². The Bertz CT molecular complexity index is 1050. The van der Waals surface area contributed by atoms with Gasteiger partial charge in [-0.3, -0.25) is 4.79 Å². The van der Waals surface area contributed by atoms with E-state index in [1.165, 1.54) is 16.8 Å². The molecular weight excluding hydrogens is 419 g/mol. The maximum atomic E-state index is 12.9. The molecule has 10 heteroatoms. The van der Waals surface area contributed by atoms with Crippen molar-refractivity contribution < 1.29 is 26.4 Å². The van der Waals surface area contributed by atoms with Crippen LogP contribution < -0.4 is 5.32 Å². The van der Waals surface area contributed by atoms with Crippen LogP contribution in [0.25, 0.3) is 0 Å². The van der Waals surface area contributed by atoms with Crippen molar-refractivity contribution in [3.05, 3.63) is 47.2 Å². The summed E-state index contributed by atoms with van der Waals surface area (Å²) in [6.45, 7) is 5.83. The number of nitrogens with zero attached hydrogens (tertiary/aromatic N) is 2. The number of amides is 1. The predicted octanol–water partition coefficient (Wildman–Crippen LogP) is 3.74. The molecule has 0 radical (unpaired) electrons. The lowest BCUT2D eigenvalue weighted by molar-refractivity contribution is -0.137. The molecule has 1 amide bonds. The van der Waals surface area contributed by atoms with E-state index in [0.29, 0.717) is 17.9 Å².